The molecule has 0 spiro atoms. The molecule has 0 aliphatic carbocycles. The van der Waals surface area contributed by atoms with Gasteiger partial charge in [-0.25, -0.2) is 4.98 Å². The number of phenolic OH excluding ortho intramolecular Hbond substituents is 1. The average Bonchev–Trinajstić information content (AvgIpc) is 3.24. The van der Waals surface area contributed by atoms with Crippen molar-refractivity contribution in [1.29, 1.82) is 0 Å². The summed E-state index contributed by atoms with van der Waals surface area (Å²) in [5, 5.41) is 13.7. The Morgan fingerprint density at radius 1 is 1.09 bits per heavy atom. The van der Waals surface area contributed by atoms with E-state index in [1.807, 2.05) is 38.1 Å². The van der Waals surface area contributed by atoms with Gasteiger partial charge in [-0.15, -0.1) is 0 Å². The summed E-state index contributed by atoms with van der Waals surface area (Å²) < 4.78 is 6.76. The number of hydrogen-bond acceptors (Lipinski definition) is 5. The molecule has 0 amide bonds. The molecule has 1 saturated heterocycles. The van der Waals surface area contributed by atoms with Crippen molar-refractivity contribution in [3.63, 3.8) is 0 Å². The SMILES string of the molecule is COc1ccc(C(C)c2c(C)nc3c(N4CCCCC4)c(-c4ccccc4)[nH]n3c2=O)cc1O. The van der Waals surface area contributed by atoms with Crippen LogP contribution < -0.4 is 15.2 Å². The van der Waals surface area contributed by atoms with Gasteiger partial charge < -0.3 is 14.7 Å². The predicted octanol–water partition coefficient (Wildman–Crippen LogP) is 4.85. The fraction of sp³-hybridized carbons (Fsp3) is 0.333. The van der Waals surface area contributed by atoms with Crippen LogP contribution in [0.4, 0.5) is 5.69 Å². The molecule has 1 aliphatic heterocycles. The Kier molecular flexibility index (Phi) is 5.77. The third kappa shape index (κ3) is 3.71. The number of H-pyrrole nitrogens is 1. The highest BCUT2D eigenvalue weighted by atomic mass is 16.5. The van der Waals surface area contributed by atoms with E-state index in [0.717, 1.165) is 48.4 Å². The van der Waals surface area contributed by atoms with Crippen LogP contribution in [-0.2, 0) is 0 Å². The molecule has 1 atom stereocenters. The molecule has 1 aliphatic rings. The largest absolute Gasteiger partial charge is 0.504 e. The second kappa shape index (κ2) is 8.89. The maximum absolute atomic E-state index is 13.8. The van der Waals surface area contributed by atoms with Crippen LogP contribution in [0.1, 0.15) is 48.9 Å². The number of methoxy groups -OCH3 is 1. The van der Waals surface area contributed by atoms with Gasteiger partial charge in [-0.05, 0) is 43.9 Å². The fourth-order valence-corrected chi connectivity index (χ4v) is 5.04. The first kappa shape index (κ1) is 22.1. The first-order valence-corrected chi connectivity index (χ1v) is 11.8. The monoisotopic (exact) mass is 458 g/mol. The Morgan fingerprint density at radius 3 is 2.50 bits per heavy atom. The summed E-state index contributed by atoms with van der Waals surface area (Å²) >= 11 is 0. The molecule has 0 radical (unpaired) electrons. The molecule has 176 valence electrons. The quantitative estimate of drug-likeness (QED) is 0.447. The molecule has 2 aromatic heterocycles. The molecule has 3 heterocycles. The molecule has 4 aromatic rings. The highest BCUT2D eigenvalue weighted by Gasteiger charge is 2.26. The van der Waals surface area contributed by atoms with Crippen molar-refractivity contribution >= 4 is 11.3 Å². The third-order valence-electron chi connectivity index (χ3n) is 6.85. The second-order valence-corrected chi connectivity index (χ2v) is 8.98. The number of hydrogen-bond donors (Lipinski definition) is 2. The van der Waals surface area contributed by atoms with Gasteiger partial charge in [-0.2, -0.15) is 4.52 Å². The predicted molar refractivity (Wildman–Crippen MR) is 134 cm³/mol. The number of nitrogens with one attached hydrogen (secondary N) is 1. The third-order valence-corrected chi connectivity index (χ3v) is 6.85. The van der Waals surface area contributed by atoms with Crippen molar-refractivity contribution in [1.82, 2.24) is 14.6 Å². The molecule has 7 heteroatoms. The Balaban J connectivity index is 1.70. The first-order valence-electron chi connectivity index (χ1n) is 11.8. The average molecular weight is 459 g/mol. The van der Waals surface area contributed by atoms with E-state index in [-0.39, 0.29) is 17.2 Å². The van der Waals surface area contributed by atoms with Crippen molar-refractivity contribution in [3.8, 4) is 22.8 Å². The maximum Gasteiger partial charge on any atom is 0.276 e. The number of phenols is 1. The first-order chi connectivity index (χ1) is 16.5. The molecule has 34 heavy (non-hydrogen) atoms. The highest BCUT2D eigenvalue weighted by Crippen LogP contribution is 2.36. The van der Waals surface area contributed by atoms with Crippen LogP contribution in [0.3, 0.4) is 0 Å². The van der Waals surface area contributed by atoms with Gasteiger partial charge in [0.25, 0.3) is 5.56 Å². The summed E-state index contributed by atoms with van der Waals surface area (Å²) in [6, 6.07) is 15.4. The molecule has 0 bridgehead atoms. The van der Waals surface area contributed by atoms with E-state index in [2.05, 4.69) is 22.1 Å². The van der Waals surface area contributed by atoms with Crippen molar-refractivity contribution in [2.24, 2.45) is 0 Å². The number of aromatic nitrogens is 3. The summed E-state index contributed by atoms with van der Waals surface area (Å²) in [7, 11) is 1.52. The molecule has 2 aromatic carbocycles. The molecule has 7 nitrogen and oxygen atoms in total. The molecular weight excluding hydrogens is 428 g/mol. The van der Waals surface area contributed by atoms with Gasteiger partial charge in [-0.1, -0.05) is 43.3 Å². The van der Waals surface area contributed by atoms with E-state index in [1.54, 1.807) is 16.6 Å². The summed E-state index contributed by atoms with van der Waals surface area (Å²) in [4.78, 5) is 21.2. The number of piperidine rings is 1. The number of anilines is 1. The maximum atomic E-state index is 13.8. The Labute approximate surface area is 198 Å². The zero-order valence-electron chi connectivity index (χ0n) is 19.8. The summed E-state index contributed by atoms with van der Waals surface area (Å²) in [6.07, 6.45) is 3.48. The number of aryl methyl sites for hydroxylation is 1. The number of fused-ring (bicyclic) bond motifs is 1. The lowest BCUT2D eigenvalue weighted by molar-refractivity contribution is 0.373. The van der Waals surface area contributed by atoms with Crippen molar-refractivity contribution in [3.05, 3.63) is 75.7 Å². The van der Waals surface area contributed by atoms with Gasteiger partial charge in [0, 0.05) is 35.8 Å². The zero-order chi connectivity index (χ0) is 23.8. The molecular formula is C27H30N4O3. The standard InChI is InChI=1S/C27H30N4O3/c1-17(20-12-13-22(34-3)21(32)16-20)23-18(2)28-26-25(30-14-8-5-9-15-30)24(29-31(26)27(23)33)19-10-6-4-7-11-19/h4,6-7,10-13,16-17,29,32H,5,8-9,14-15H2,1-3H3. The van der Waals surface area contributed by atoms with Crippen LogP contribution in [0, 0.1) is 6.92 Å². The van der Waals surface area contributed by atoms with Crippen LogP contribution in [-0.4, -0.2) is 39.9 Å². The van der Waals surface area contributed by atoms with E-state index >= 15 is 0 Å². The lowest BCUT2D eigenvalue weighted by Gasteiger charge is -2.28. The van der Waals surface area contributed by atoms with Crippen LogP contribution in [0.25, 0.3) is 16.9 Å². The zero-order valence-corrected chi connectivity index (χ0v) is 19.8. The highest BCUT2D eigenvalue weighted by molar-refractivity contribution is 5.86. The smallest absolute Gasteiger partial charge is 0.276 e. The van der Waals surface area contributed by atoms with Gasteiger partial charge in [-0.3, -0.25) is 9.89 Å². The molecule has 1 unspecified atom stereocenters. The number of rotatable bonds is 5. The Hall–Kier alpha value is -3.74. The molecule has 5 rings (SSSR count). The van der Waals surface area contributed by atoms with Crippen LogP contribution in [0.2, 0.25) is 0 Å². The minimum Gasteiger partial charge on any atom is -0.504 e. The number of aromatic hydroxyl groups is 1. The van der Waals surface area contributed by atoms with Gasteiger partial charge in [0.15, 0.2) is 17.1 Å². The van der Waals surface area contributed by atoms with Crippen molar-refractivity contribution in [2.75, 3.05) is 25.1 Å². The van der Waals surface area contributed by atoms with E-state index in [1.165, 1.54) is 13.5 Å². The van der Waals surface area contributed by atoms with Crippen molar-refractivity contribution in [2.45, 2.75) is 39.0 Å². The molecule has 2 N–H and O–H groups in total. The number of aromatic amines is 1. The van der Waals surface area contributed by atoms with Gasteiger partial charge >= 0.3 is 0 Å². The van der Waals surface area contributed by atoms with Gasteiger partial charge in [0.1, 0.15) is 5.69 Å². The van der Waals surface area contributed by atoms with E-state index in [4.69, 9.17) is 9.72 Å². The van der Waals surface area contributed by atoms with E-state index < -0.39 is 0 Å². The number of ether oxygens (including phenoxy) is 1. The van der Waals surface area contributed by atoms with Crippen molar-refractivity contribution < 1.29 is 9.84 Å². The molecule has 0 saturated carbocycles. The van der Waals surface area contributed by atoms with Gasteiger partial charge in [0.2, 0.25) is 0 Å². The van der Waals surface area contributed by atoms with Crippen LogP contribution >= 0.6 is 0 Å². The Bertz CT molecular complexity index is 1380. The normalized spacial score (nSPS) is 15.0. The minimum atomic E-state index is -0.254. The topological polar surface area (TPSA) is 82.9 Å². The Morgan fingerprint density at radius 2 is 1.82 bits per heavy atom. The molecule has 1 fully saturated rings. The summed E-state index contributed by atoms with van der Waals surface area (Å²) in [6.45, 7) is 5.76. The second-order valence-electron chi connectivity index (χ2n) is 8.98. The van der Waals surface area contributed by atoms with Crippen LogP contribution in [0.5, 0.6) is 11.5 Å². The van der Waals surface area contributed by atoms with E-state index in [9.17, 15) is 9.90 Å². The number of benzene rings is 2. The summed E-state index contributed by atoms with van der Waals surface area (Å²) in [5.41, 5.74) is 5.61. The fourth-order valence-electron chi connectivity index (χ4n) is 5.04. The number of nitrogens with zero attached hydrogens (tertiary/aromatic N) is 3. The lowest BCUT2D eigenvalue weighted by Crippen LogP contribution is -2.30. The lowest BCUT2D eigenvalue weighted by atomic mass is 9.92. The minimum absolute atomic E-state index is 0.0530. The van der Waals surface area contributed by atoms with Gasteiger partial charge in [0.05, 0.1) is 12.8 Å². The van der Waals surface area contributed by atoms with Crippen LogP contribution in [0.15, 0.2) is 53.3 Å². The summed E-state index contributed by atoms with van der Waals surface area (Å²) in [5.74, 6) is 0.203. The van der Waals surface area contributed by atoms with E-state index in [0.29, 0.717) is 22.7 Å².